The van der Waals surface area contributed by atoms with Crippen LogP contribution < -0.4 is 14.4 Å². The second kappa shape index (κ2) is 10.4. The summed E-state index contributed by atoms with van der Waals surface area (Å²) >= 11 is 0. The van der Waals surface area contributed by atoms with Crippen LogP contribution in [0.4, 0.5) is 11.5 Å². The van der Waals surface area contributed by atoms with Gasteiger partial charge in [0.05, 0.1) is 45.3 Å². The zero-order valence-corrected chi connectivity index (χ0v) is 21.9. The van der Waals surface area contributed by atoms with Gasteiger partial charge in [-0.15, -0.1) is 0 Å². The minimum Gasteiger partial charge on any atom is -0.493 e. The number of esters is 2. The predicted octanol–water partition coefficient (Wildman–Crippen LogP) is 5.10. The Morgan fingerprint density at radius 1 is 0.846 bits per heavy atom. The molecule has 0 saturated carbocycles. The summed E-state index contributed by atoms with van der Waals surface area (Å²) in [5.74, 6) is -0.253. The Bertz CT molecular complexity index is 1630. The summed E-state index contributed by atoms with van der Waals surface area (Å²) in [5, 5.41) is 1.21. The highest BCUT2D eigenvalue weighted by atomic mass is 16.5. The molecule has 0 bridgehead atoms. The standard InChI is InChI=1S/C30H26N2O7/c1-36-23-14-19-13-21(29(34)38-3)28(30(35)39-4)27(20(19)16-24(23)37-2)18-11-12-31-25(15-18)32-22-8-6-5-7-17(22)9-10-26(32)33/h5-8,11-16H,9-10H2,1-4H3. The van der Waals surface area contributed by atoms with Crippen molar-refractivity contribution in [2.24, 2.45) is 0 Å². The number of aromatic nitrogens is 1. The maximum atomic E-state index is 13.2. The average molecular weight is 527 g/mol. The number of hydrogen-bond acceptors (Lipinski definition) is 8. The highest BCUT2D eigenvalue weighted by Gasteiger charge is 2.29. The molecule has 5 rings (SSSR count). The van der Waals surface area contributed by atoms with E-state index in [1.54, 1.807) is 41.4 Å². The maximum absolute atomic E-state index is 13.2. The van der Waals surface area contributed by atoms with E-state index in [-0.39, 0.29) is 17.0 Å². The Labute approximate surface area is 224 Å². The molecule has 198 valence electrons. The van der Waals surface area contributed by atoms with E-state index in [4.69, 9.17) is 18.9 Å². The van der Waals surface area contributed by atoms with Crippen LogP contribution in [0.25, 0.3) is 21.9 Å². The number of benzene rings is 3. The van der Waals surface area contributed by atoms with Crippen molar-refractivity contribution in [3.63, 3.8) is 0 Å². The molecule has 0 atom stereocenters. The molecule has 0 N–H and O–H groups in total. The first-order valence-electron chi connectivity index (χ1n) is 12.2. The normalized spacial score (nSPS) is 12.6. The molecule has 1 aliphatic heterocycles. The van der Waals surface area contributed by atoms with Crippen LogP contribution in [0.15, 0.2) is 60.8 Å². The minimum atomic E-state index is -0.722. The van der Waals surface area contributed by atoms with Gasteiger partial charge in [0.2, 0.25) is 5.91 Å². The molecule has 1 aromatic heterocycles. The Morgan fingerprint density at radius 3 is 2.28 bits per heavy atom. The summed E-state index contributed by atoms with van der Waals surface area (Å²) in [5.41, 5.74) is 2.78. The number of carbonyl (C=O) groups excluding carboxylic acids is 3. The van der Waals surface area contributed by atoms with E-state index in [9.17, 15) is 14.4 Å². The monoisotopic (exact) mass is 526 g/mol. The predicted molar refractivity (Wildman–Crippen MR) is 145 cm³/mol. The van der Waals surface area contributed by atoms with Gasteiger partial charge in [-0.2, -0.15) is 0 Å². The van der Waals surface area contributed by atoms with Crippen molar-refractivity contribution in [1.29, 1.82) is 0 Å². The Kier molecular flexibility index (Phi) is 6.89. The van der Waals surface area contributed by atoms with Crippen LogP contribution in [-0.2, 0) is 20.7 Å². The van der Waals surface area contributed by atoms with E-state index in [2.05, 4.69) is 4.98 Å². The third-order valence-corrected chi connectivity index (χ3v) is 6.79. The molecular formula is C30H26N2O7. The highest BCUT2D eigenvalue weighted by molar-refractivity contribution is 6.16. The Hall–Kier alpha value is -4.92. The van der Waals surface area contributed by atoms with Crippen molar-refractivity contribution in [2.75, 3.05) is 33.3 Å². The number of ether oxygens (including phenoxy) is 4. The number of methoxy groups -OCH3 is 4. The lowest BCUT2D eigenvalue weighted by molar-refractivity contribution is -0.118. The van der Waals surface area contributed by atoms with Crippen LogP contribution in [0.1, 0.15) is 32.7 Å². The molecular weight excluding hydrogens is 500 g/mol. The van der Waals surface area contributed by atoms with Gasteiger partial charge in [0, 0.05) is 18.2 Å². The second-order valence-corrected chi connectivity index (χ2v) is 8.85. The fourth-order valence-electron chi connectivity index (χ4n) is 4.99. The largest absolute Gasteiger partial charge is 0.493 e. The number of fused-ring (bicyclic) bond motifs is 2. The topological polar surface area (TPSA) is 104 Å². The van der Waals surface area contributed by atoms with Gasteiger partial charge in [0.25, 0.3) is 0 Å². The fraction of sp³-hybridized carbons (Fsp3) is 0.200. The SMILES string of the molecule is COC(=O)c1cc2cc(OC)c(OC)cc2c(-c2ccnc(N3C(=O)CCc4ccccc43)c2)c1C(=O)OC. The van der Waals surface area contributed by atoms with Crippen molar-refractivity contribution in [2.45, 2.75) is 12.8 Å². The van der Waals surface area contributed by atoms with E-state index < -0.39 is 11.9 Å². The number of amides is 1. The molecule has 2 heterocycles. The van der Waals surface area contributed by atoms with Crippen molar-refractivity contribution < 1.29 is 33.3 Å². The molecule has 1 aliphatic rings. The summed E-state index contributed by atoms with van der Waals surface area (Å²) < 4.78 is 21.1. The molecule has 9 nitrogen and oxygen atoms in total. The zero-order chi connectivity index (χ0) is 27.7. The molecule has 9 heteroatoms. The summed E-state index contributed by atoms with van der Waals surface area (Å²) in [6, 6.07) is 16.1. The third-order valence-electron chi connectivity index (χ3n) is 6.79. The molecule has 1 amide bonds. The van der Waals surface area contributed by atoms with Gasteiger partial charge in [-0.3, -0.25) is 9.69 Å². The number of rotatable bonds is 6. The van der Waals surface area contributed by atoms with Gasteiger partial charge in [-0.1, -0.05) is 18.2 Å². The number of pyridine rings is 1. The average Bonchev–Trinajstić information content (AvgIpc) is 2.98. The van der Waals surface area contributed by atoms with Crippen LogP contribution in [0.2, 0.25) is 0 Å². The van der Waals surface area contributed by atoms with E-state index >= 15 is 0 Å². The number of hydrogen-bond donors (Lipinski definition) is 0. The van der Waals surface area contributed by atoms with E-state index in [0.717, 1.165) is 11.3 Å². The lowest BCUT2D eigenvalue weighted by Gasteiger charge is -2.29. The summed E-state index contributed by atoms with van der Waals surface area (Å²) in [6.07, 6.45) is 2.55. The van der Waals surface area contributed by atoms with Gasteiger partial charge in [0.15, 0.2) is 11.5 Å². The number of aryl methyl sites for hydroxylation is 1. The van der Waals surface area contributed by atoms with Gasteiger partial charge in [-0.05, 0) is 64.7 Å². The van der Waals surface area contributed by atoms with Crippen molar-refractivity contribution in [1.82, 2.24) is 4.98 Å². The number of anilines is 2. The molecule has 0 radical (unpaired) electrons. The van der Waals surface area contributed by atoms with Gasteiger partial charge >= 0.3 is 11.9 Å². The zero-order valence-electron chi connectivity index (χ0n) is 21.9. The van der Waals surface area contributed by atoms with Crippen LogP contribution >= 0.6 is 0 Å². The summed E-state index contributed by atoms with van der Waals surface area (Å²) in [7, 11) is 5.51. The fourth-order valence-corrected chi connectivity index (χ4v) is 4.99. The summed E-state index contributed by atoms with van der Waals surface area (Å²) in [6.45, 7) is 0. The second-order valence-electron chi connectivity index (χ2n) is 8.85. The van der Waals surface area contributed by atoms with Crippen molar-refractivity contribution in [3.05, 3.63) is 77.5 Å². The molecule has 0 unspecified atom stereocenters. The van der Waals surface area contributed by atoms with Gasteiger partial charge in [0.1, 0.15) is 5.82 Å². The van der Waals surface area contributed by atoms with E-state index in [1.807, 2.05) is 24.3 Å². The first kappa shape index (κ1) is 25.7. The van der Waals surface area contributed by atoms with E-state index in [1.165, 1.54) is 28.4 Å². The van der Waals surface area contributed by atoms with Crippen LogP contribution in [0.3, 0.4) is 0 Å². The number of carbonyl (C=O) groups is 3. The summed E-state index contributed by atoms with van der Waals surface area (Å²) in [4.78, 5) is 45.3. The minimum absolute atomic E-state index is 0.0200. The molecule has 0 spiro atoms. The lowest BCUT2D eigenvalue weighted by Crippen LogP contribution is -2.31. The smallest absolute Gasteiger partial charge is 0.339 e. The van der Waals surface area contributed by atoms with Crippen LogP contribution in [0, 0.1) is 0 Å². The molecule has 0 saturated heterocycles. The molecule has 3 aromatic carbocycles. The van der Waals surface area contributed by atoms with Crippen molar-refractivity contribution >= 4 is 40.1 Å². The quantitative estimate of drug-likeness (QED) is 0.320. The van der Waals surface area contributed by atoms with Crippen LogP contribution in [-0.4, -0.2) is 51.3 Å². The highest BCUT2D eigenvalue weighted by Crippen LogP contribution is 2.42. The lowest BCUT2D eigenvalue weighted by atomic mass is 9.89. The first-order chi connectivity index (χ1) is 18.9. The van der Waals surface area contributed by atoms with Crippen molar-refractivity contribution in [3.8, 4) is 22.6 Å². The Balaban J connectivity index is 1.84. The molecule has 0 aliphatic carbocycles. The van der Waals surface area contributed by atoms with E-state index in [0.29, 0.717) is 52.1 Å². The maximum Gasteiger partial charge on any atom is 0.339 e. The molecule has 39 heavy (non-hydrogen) atoms. The molecule has 0 fully saturated rings. The van der Waals surface area contributed by atoms with Crippen LogP contribution in [0.5, 0.6) is 11.5 Å². The Morgan fingerprint density at radius 2 is 1.56 bits per heavy atom. The third kappa shape index (κ3) is 4.41. The van der Waals surface area contributed by atoms with Gasteiger partial charge in [-0.25, -0.2) is 14.6 Å². The number of para-hydroxylation sites is 1. The first-order valence-corrected chi connectivity index (χ1v) is 12.2. The molecule has 4 aromatic rings. The number of nitrogens with zero attached hydrogens (tertiary/aromatic N) is 2. The van der Waals surface area contributed by atoms with Gasteiger partial charge < -0.3 is 18.9 Å².